The Labute approximate surface area is 137 Å². The maximum atomic E-state index is 12.0. The molecule has 0 spiro atoms. The number of hydrogen-bond acceptors (Lipinski definition) is 2. The summed E-state index contributed by atoms with van der Waals surface area (Å²) in [4.78, 5) is 12.0. The summed E-state index contributed by atoms with van der Waals surface area (Å²) in [6.45, 7) is 1.05. The lowest BCUT2D eigenvalue weighted by molar-refractivity contribution is -0.119. The molecule has 1 aliphatic carbocycles. The lowest BCUT2D eigenvalue weighted by Gasteiger charge is -2.13. The van der Waals surface area contributed by atoms with Crippen molar-refractivity contribution in [2.75, 3.05) is 18.4 Å². The molecular formula is C20H24N2O. The zero-order chi connectivity index (χ0) is 15.9. The van der Waals surface area contributed by atoms with Gasteiger partial charge in [-0.2, -0.15) is 0 Å². The molecule has 1 aliphatic rings. The topological polar surface area (TPSA) is 41.1 Å². The predicted molar refractivity (Wildman–Crippen MR) is 96.6 cm³/mol. The molecule has 0 atom stereocenters. The fraction of sp³-hybridized carbons (Fsp3) is 0.350. The molecule has 120 valence electrons. The van der Waals surface area contributed by atoms with E-state index in [-0.39, 0.29) is 5.91 Å². The quantitative estimate of drug-likeness (QED) is 0.783. The first-order valence-electron chi connectivity index (χ1n) is 8.49. The summed E-state index contributed by atoms with van der Waals surface area (Å²) < 4.78 is 0. The first kappa shape index (κ1) is 15.6. The average Bonchev–Trinajstić information content (AvgIpc) is 2.61. The maximum Gasteiger partial charge on any atom is 0.239 e. The summed E-state index contributed by atoms with van der Waals surface area (Å²) in [6.07, 6.45) is 8.33. The summed E-state index contributed by atoms with van der Waals surface area (Å²) in [6, 6.07) is 14.3. The number of benzene rings is 2. The Balaban J connectivity index is 1.47. The van der Waals surface area contributed by atoms with Crippen molar-refractivity contribution < 1.29 is 4.79 Å². The van der Waals surface area contributed by atoms with Crippen LogP contribution in [0.5, 0.6) is 0 Å². The number of rotatable bonds is 6. The van der Waals surface area contributed by atoms with Crippen molar-refractivity contribution in [2.45, 2.75) is 32.1 Å². The van der Waals surface area contributed by atoms with E-state index in [0.29, 0.717) is 6.54 Å². The number of hydrogen-bond donors (Lipinski definition) is 2. The number of allylic oxidation sites excluding steroid dienone is 1. The third-order valence-corrected chi connectivity index (χ3v) is 4.38. The number of anilines is 1. The van der Waals surface area contributed by atoms with Gasteiger partial charge in [0, 0.05) is 17.6 Å². The van der Waals surface area contributed by atoms with Crippen molar-refractivity contribution in [3.8, 4) is 0 Å². The lowest BCUT2D eigenvalue weighted by atomic mass is 9.97. The Hall–Kier alpha value is -2.29. The van der Waals surface area contributed by atoms with Crippen molar-refractivity contribution in [1.29, 1.82) is 0 Å². The van der Waals surface area contributed by atoms with Crippen molar-refractivity contribution >= 4 is 22.4 Å². The molecular weight excluding hydrogens is 284 g/mol. The molecule has 0 saturated carbocycles. The molecule has 2 N–H and O–H groups in total. The SMILES string of the molecule is O=C(CNc1cccc2ccccc12)NCCC1=CCCCC1. The van der Waals surface area contributed by atoms with Gasteiger partial charge in [-0.15, -0.1) is 0 Å². The number of carbonyl (C=O) groups is 1. The summed E-state index contributed by atoms with van der Waals surface area (Å²) in [7, 11) is 0. The molecule has 0 aliphatic heterocycles. The van der Waals surface area contributed by atoms with E-state index >= 15 is 0 Å². The first-order valence-corrected chi connectivity index (χ1v) is 8.49. The molecule has 0 bridgehead atoms. The van der Waals surface area contributed by atoms with Gasteiger partial charge in [-0.05, 0) is 43.6 Å². The van der Waals surface area contributed by atoms with Gasteiger partial charge in [0.25, 0.3) is 0 Å². The second-order valence-corrected chi connectivity index (χ2v) is 6.09. The highest BCUT2D eigenvalue weighted by atomic mass is 16.1. The molecule has 0 radical (unpaired) electrons. The highest BCUT2D eigenvalue weighted by Gasteiger charge is 2.06. The Morgan fingerprint density at radius 2 is 1.91 bits per heavy atom. The van der Waals surface area contributed by atoms with Gasteiger partial charge in [-0.25, -0.2) is 0 Å². The molecule has 1 amide bonds. The Morgan fingerprint density at radius 1 is 1.04 bits per heavy atom. The van der Waals surface area contributed by atoms with Gasteiger partial charge in [-0.1, -0.05) is 48.0 Å². The van der Waals surface area contributed by atoms with Crippen LogP contribution in [0.1, 0.15) is 32.1 Å². The predicted octanol–water partition coefficient (Wildman–Crippen LogP) is 4.26. The molecule has 2 aromatic carbocycles. The van der Waals surface area contributed by atoms with E-state index in [4.69, 9.17) is 0 Å². The fourth-order valence-electron chi connectivity index (χ4n) is 3.11. The summed E-state index contributed by atoms with van der Waals surface area (Å²) in [5.74, 6) is 0.0503. The highest BCUT2D eigenvalue weighted by molar-refractivity contribution is 5.95. The van der Waals surface area contributed by atoms with Crippen LogP contribution < -0.4 is 10.6 Å². The van der Waals surface area contributed by atoms with E-state index in [1.807, 2.05) is 24.3 Å². The van der Waals surface area contributed by atoms with Crippen LogP contribution >= 0.6 is 0 Å². The van der Waals surface area contributed by atoms with E-state index in [9.17, 15) is 4.79 Å². The Kier molecular flexibility index (Phi) is 5.30. The summed E-state index contributed by atoms with van der Waals surface area (Å²) in [5, 5.41) is 8.59. The van der Waals surface area contributed by atoms with E-state index in [1.165, 1.54) is 36.6 Å². The van der Waals surface area contributed by atoms with Crippen LogP contribution in [-0.2, 0) is 4.79 Å². The van der Waals surface area contributed by atoms with Gasteiger partial charge >= 0.3 is 0 Å². The molecule has 0 saturated heterocycles. The Morgan fingerprint density at radius 3 is 2.78 bits per heavy atom. The fourth-order valence-corrected chi connectivity index (χ4v) is 3.11. The lowest BCUT2D eigenvalue weighted by Crippen LogP contribution is -2.30. The zero-order valence-corrected chi connectivity index (χ0v) is 13.5. The second kappa shape index (κ2) is 7.82. The first-order chi connectivity index (χ1) is 11.3. The third kappa shape index (κ3) is 4.35. The van der Waals surface area contributed by atoms with E-state index in [0.717, 1.165) is 24.0 Å². The second-order valence-electron chi connectivity index (χ2n) is 6.09. The van der Waals surface area contributed by atoms with E-state index < -0.39 is 0 Å². The zero-order valence-electron chi connectivity index (χ0n) is 13.5. The monoisotopic (exact) mass is 308 g/mol. The van der Waals surface area contributed by atoms with Gasteiger partial charge in [0.2, 0.25) is 5.91 Å². The Bertz CT molecular complexity index is 700. The highest BCUT2D eigenvalue weighted by Crippen LogP contribution is 2.22. The molecule has 3 rings (SSSR count). The summed E-state index contributed by atoms with van der Waals surface area (Å²) >= 11 is 0. The number of amides is 1. The van der Waals surface area contributed by atoms with Crippen LogP contribution in [0.3, 0.4) is 0 Å². The van der Waals surface area contributed by atoms with Crippen molar-refractivity contribution in [2.24, 2.45) is 0 Å². The largest absolute Gasteiger partial charge is 0.376 e. The van der Waals surface area contributed by atoms with Crippen LogP contribution in [-0.4, -0.2) is 19.0 Å². The standard InChI is InChI=1S/C20H24N2O/c23-20(21-14-13-16-7-2-1-3-8-16)15-22-19-12-6-10-17-9-4-5-11-18(17)19/h4-7,9-12,22H,1-3,8,13-15H2,(H,21,23). The molecule has 3 heteroatoms. The number of carbonyl (C=O) groups excluding carboxylic acids is 1. The molecule has 0 heterocycles. The molecule has 0 aromatic heterocycles. The van der Waals surface area contributed by atoms with E-state index in [2.05, 4.69) is 34.9 Å². The van der Waals surface area contributed by atoms with Crippen molar-refractivity contribution in [3.63, 3.8) is 0 Å². The minimum atomic E-state index is 0.0503. The van der Waals surface area contributed by atoms with Crippen molar-refractivity contribution in [3.05, 3.63) is 54.1 Å². The smallest absolute Gasteiger partial charge is 0.239 e. The van der Waals surface area contributed by atoms with Crippen LogP contribution in [0.15, 0.2) is 54.1 Å². The molecule has 2 aromatic rings. The van der Waals surface area contributed by atoms with Crippen LogP contribution in [0.25, 0.3) is 10.8 Å². The van der Waals surface area contributed by atoms with Crippen LogP contribution in [0.2, 0.25) is 0 Å². The molecule has 0 unspecified atom stereocenters. The van der Waals surface area contributed by atoms with E-state index in [1.54, 1.807) is 0 Å². The van der Waals surface area contributed by atoms with Crippen LogP contribution in [0.4, 0.5) is 5.69 Å². The normalized spacial score (nSPS) is 14.3. The van der Waals surface area contributed by atoms with Gasteiger partial charge in [0.15, 0.2) is 0 Å². The minimum Gasteiger partial charge on any atom is -0.376 e. The molecule has 0 fully saturated rings. The van der Waals surface area contributed by atoms with Gasteiger partial charge < -0.3 is 10.6 Å². The van der Waals surface area contributed by atoms with Gasteiger partial charge in [0.1, 0.15) is 0 Å². The molecule has 3 nitrogen and oxygen atoms in total. The van der Waals surface area contributed by atoms with Crippen LogP contribution in [0, 0.1) is 0 Å². The van der Waals surface area contributed by atoms with Gasteiger partial charge in [-0.3, -0.25) is 4.79 Å². The summed E-state index contributed by atoms with van der Waals surface area (Å²) in [5.41, 5.74) is 2.51. The number of fused-ring (bicyclic) bond motifs is 1. The van der Waals surface area contributed by atoms with Gasteiger partial charge in [0.05, 0.1) is 6.54 Å². The third-order valence-electron chi connectivity index (χ3n) is 4.38. The average molecular weight is 308 g/mol. The van der Waals surface area contributed by atoms with Crippen molar-refractivity contribution in [1.82, 2.24) is 5.32 Å². The minimum absolute atomic E-state index is 0.0503. The molecule has 23 heavy (non-hydrogen) atoms. The maximum absolute atomic E-state index is 12.0. The number of nitrogens with one attached hydrogen (secondary N) is 2.